The fourth-order valence-electron chi connectivity index (χ4n) is 2.81. The number of hydrogen-bond donors (Lipinski definition) is 1. The smallest absolute Gasteiger partial charge is 0.230 e. The molecule has 1 saturated heterocycles. The van der Waals surface area contributed by atoms with E-state index in [-0.39, 0.29) is 11.7 Å². The summed E-state index contributed by atoms with van der Waals surface area (Å²) in [7, 11) is 0. The predicted molar refractivity (Wildman–Crippen MR) is 95.8 cm³/mol. The molecule has 1 N–H and O–H groups in total. The monoisotopic (exact) mass is 354 g/mol. The van der Waals surface area contributed by atoms with Gasteiger partial charge in [0.05, 0.1) is 19.0 Å². The second-order valence-corrected chi connectivity index (χ2v) is 7.53. The summed E-state index contributed by atoms with van der Waals surface area (Å²) < 4.78 is 18.3. The quantitative estimate of drug-likeness (QED) is 0.729. The van der Waals surface area contributed by atoms with Crippen molar-refractivity contribution in [2.45, 2.75) is 31.2 Å². The number of hydrogen-bond acceptors (Lipinski definition) is 4. The first kappa shape index (κ1) is 19.2. The fraction of sp³-hybridized carbons (Fsp3) is 0.611. The summed E-state index contributed by atoms with van der Waals surface area (Å²) in [5.74, 6) is 0.698. The van der Waals surface area contributed by atoms with Gasteiger partial charge in [0.25, 0.3) is 0 Å². The molecule has 1 fully saturated rings. The molecule has 2 rings (SSSR count). The Bertz CT molecular complexity index is 504. The van der Waals surface area contributed by atoms with Crippen LogP contribution in [-0.2, 0) is 9.53 Å². The lowest BCUT2D eigenvalue weighted by atomic mass is 10.0. The van der Waals surface area contributed by atoms with Crippen LogP contribution in [0.4, 0.5) is 4.39 Å². The lowest BCUT2D eigenvalue weighted by Crippen LogP contribution is -2.49. The zero-order valence-electron chi connectivity index (χ0n) is 14.5. The molecular formula is C18H27FN2O2S. The maximum absolute atomic E-state index is 12.9. The van der Waals surface area contributed by atoms with E-state index in [2.05, 4.69) is 24.1 Å². The van der Waals surface area contributed by atoms with Crippen molar-refractivity contribution in [3.8, 4) is 0 Å². The first-order chi connectivity index (χ1) is 11.5. The number of morpholine rings is 1. The minimum atomic E-state index is -0.258. The topological polar surface area (TPSA) is 41.6 Å². The highest BCUT2D eigenvalue weighted by Crippen LogP contribution is 2.18. The molecule has 1 aliphatic rings. The third kappa shape index (κ3) is 6.79. The van der Waals surface area contributed by atoms with Gasteiger partial charge in [0, 0.05) is 30.6 Å². The van der Waals surface area contributed by atoms with E-state index in [4.69, 9.17) is 4.74 Å². The molecule has 0 aliphatic carbocycles. The van der Waals surface area contributed by atoms with Gasteiger partial charge < -0.3 is 10.1 Å². The van der Waals surface area contributed by atoms with E-state index in [0.717, 1.165) is 37.6 Å². The van der Waals surface area contributed by atoms with E-state index >= 15 is 0 Å². The van der Waals surface area contributed by atoms with Gasteiger partial charge in [0.15, 0.2) is 0 Å². The Morgan fingerprint density at radius 3 is 2.58 bits per heavy atom. The van der Waals surface area contributed by atoms with Gasteiger partial charge in [-0.2, -0.15) is 0 Å². The van der Waals surface area contributed by atoms with Gasteiger partial charge in [0.2, 0.25) is 5.91 Å². The van der Waals surface area contributed by atoms with Crippen LogP contribution in [0.3, 0.4) is 0 Å². The average molecular weight is 354 g/mol. The molecule has 4 nitrogen and oxygen atoms in total. The molecule has 1 amide bonds. The number of thioether (sulfide) groups is 1. The molecule has 0 bridgehead atoms. The van der Waals surface area contributed by atoms with Crippen molar-refractivity contribution in [1.82, 2.24) is 10.2 Å². The highest BCUT2D eigenvalue weighted by atomic mass is 32.2. The molecule has 1 aromatic carbocycles. The molecule has 1 unspecified atom stereocenters. The standard InChI is InChI=1S/C18H27FN2O2S/c1-14(2)11-16(21-7-9-23-10-8-21)12-20-18(22)13-24-17-5-3-15(19)4-6-17/h3-6,14,16H,7-13H2,1-2H3,(H,20,22). The largest absolute Gasteiger partial charge is 0.379 e. The van der Waals surface area contributed by atoms with Crippen molar-refractivity contribution in [1.29, 1.82) is 0 Å². The molecular weight excluding hydrogens is 327 g/mol. The number of halogens is 1. The van der Waals surface area contributed by atoms with E-state index in [1.165, 1.54) is 23.9 Å². The number of carbonyl (C=O) groups is 1. The van der Waals surface area contributed by atoms with Gasteiger partial charge in [-0.15, -0.1) is 11.8 Å². The van der Waals surface area contributed by atoms with Gasteiger partial charge in [-0.25, -0.2) is 4.39 Å². The Hall–Kier alpha value is -1.11. The number of amides is 1. The molecule has 1 aromatic rings. The Balaban J connectivity index is 1.77. The van der Waals surface area contributed by atoms with Crippen LogP contribution in [0, 0.1) is 11.7 Å². The third-order valence-corrected chi connectivity index (χ3v) is 5.04. The van der Waals surface area contributed by atoms with Crippen LogP contribution in [0.1, 0.15) is 20.3 Å². The summed E-state index contributed by atoms with van der Waals surface area (Å²) in [6, 6.07) is 6.58. The average Bonchev–Trinajstić information content (AvgIpc) is 2.58. The van der Waals surface area contributed by atoms with Crippen molar-refractivity contribution in [2.75, 3.05) is 38.6 Å². The summed E-state index contributed by atoms with van der Waals surface area (Å²) in [4.78, 5) is 15.4. The van der Waals surface area contributed by atoms with Crippen molar-refractivity contribution in [3.05, 3.63) is 30.1 Å². The summed E-state index contributed by atoms with van der Waals surface area (Å²) in [5, 5.41) is 3.05. The molecule has 0 spiro atoms. The van der Waals surface area contributed by atoms with Crippen molar-refractivity contribution in [2.24, 2.45) is 5.92 Å². The lowest BCUT2D eigenvalue weighted by molar-refractivity contribution is -0.118. The van der Waals surface area contributed by atoms with Crippen LogP contribution >= 0.6 is 11.8 Å². The van der Waals surface area contributed by atoms with E-state index in [9.17, 15) is 9.18 Å². The summed E-state index contributed by atoms with van der Waals surface area (Å²) in [6.07, 6.45) is 1.06. The number of nitrogens with one attached hydrogen (secondary N) is 1. The summed E-state index contributed by atoms with van der Waals surface area (Å²) in [6.45, 7) is 8.47. The van der Waals surface area contributed by atoms with Crippen molar-refractivity contribution < 1.29 is 13.9 Å². The second kappa shape index (κ2) is 10.0. The molecule has 6 heteroatoms. The minimum Gasteiger partial charge on any atom is -0.379 e. The molecule has 134 valence electrons. The zero-order chi connectivity index (χ0) is 17.4. The van der Waals surface area contributed by atoms with E-state index in [0.29, 0.717) is 24.3 Å². The van der Waals surface area contributed by atoms with Crippen LogP contribution in [0.15, 0.2) is 29.2 Å². The van der Waals surface area contributed by atoms with E-state index in [1.807, 2.05) is 0 Å². The first-order valence-corrected chi connectivity index (χ1v) is 9.50. The SMILES string of the molecule is CC(C)CC(CNC(=O)CSc1ccc(F)cc1)N1CCOCC1. The Morgan fingerprint density at radius 2 is 1.96 bits per heavy atom. The van der Waals surface area contributed by atoms with Gasteiger partial charge in [-0.3, -0.25) is 9.69 Å². The Labute approximate surface area is 148 Å². The van der Waals surface area contributed by atoms with Gasteiger partial charge in [0.1, 0.15) is 5.82 Å². The van der Waals surface area contributed by atoms with Crippen LogP contribution in [0.2, 0.25) is 0 Å². The Kier molecular flexibility index (Phi) is 8.02. The molecule has 1 heterocycles. The highest BCUT2D eigenvalue weighted by Gasteiger charge is 2.22. The third-order valence-electron chi connectivity index (χ3n) is 4.02. The minimum absolute atomic E-state index is 0.0198. The van der Waals surface area contributed by atoms with Crippen LogP contribution in [0.5, 0.6) is 0 Å². The molecule has 0 saturated carbocycles. The van der Waals surface area contributed by atoms with E-state index < -0.39 is 0 Å². The van der Waals surface area contributed by atoms with Crippen molar-refractivity contribution in [3.63, 3.8) is 0 Å². The van der Waals surface area contributed by atoms with Crippen molar-refractivity contribution >= 4 is 17.7 Å². The first-order valence-electron chi connectivity index (χ1n) is 8.51. The lowest BCUT2D eigenvalue weighted by Gasteiger charge is -2.35. The maximum atomic E-state index is 12.9. The van der Waals surface area contributed by atoms with Crippen LogP contribution < -0.4 is 5.32 Å². The summed E-state index contributed by atoms with van der Waals surface area (Å²) >= 11 is 1.43. The number of rotatable bonds is 8. The van der Waals surface area contributed by atoms with Gasteiger partial charge in [-0.1, -0.05) is 13.8 Å². The zero-order valence-corrected chi connectivity index (χ0v) is 15.3. The number of carbonyl (C=O) groups excluding carboxylic acids is 1. The van der Waals surface area contributed by atoms with Gasteiger partial charge in [-0.05, 0) is 36.6 Å². The Morgan fingerprint density at radius 1 is 1.29 bits per heavy atom. The number of ether oxygens (including phenoxy) is 1. The molecule has 0 aromatic heterocycles. The molecule has 0 radical (unpaired) electrons. The van der Waals surface area contributed by atoms with E-state index in [1.54, 1.807) is 12.1 Å². The molecule has 1 aliphatic heterocycles. The normalized spacial score (nSPS) is 17.0. The van der Waals surface area contributed by atoms with Crippen LogP contribution in [-0.4, -0.2) is 55.4 Å². The predicted octanol–water partition coefficient (Wildman–Crippen LogP) is 2.78. The maximum Gasteiger partial charge on any atom is 0.230 e. The molecule has 24 heavy (non-hydrogen) atoms. The number of benzene rings is 1. The van der Waals surface area contributed by atoms with Gasteiger partial charge >= 0.3 is 0 Å². The highest BCUT2D eigenvalue weighted by molar-refractivity contribution is 8.00. The number of nitrogens with zero attached hydrogens (tertiary/aromatic N) is 1. The fourth-order valence-corrected chi connectivity index (χ4v) is 3.54. The summed E-state index contributed by atoms with van der Waals surface area (Å²) in [5.41, 5.74) is 0. The second-order valence-electron chi connectivity index (χ2n) is 6.48. The molecule has 1 atom stereocenters. The van der Waals surface area contributed by atoms with Crippen LogP contribution in [0.25, 0.3) is 0 Å².